The van der Waals surface area contributed by atoms with Crippen LogP contribution >= 0.6 is 11.3 Å². The van der Waals surface area contributed by atoms with Gasteiger partial charge in [-0.15, -0.1) is 11.3 Å². The molecule has 3 aliphatic heterocycles. The fraction of sp³-hybridized carbons (Fsp3) is 0.360. The van der Waals surface area contributed by atoms with Crippen molar-refractivity contribution in [1.29, 1.82) is 0 Å². The fourth-order valence-electron chi connectivity index (χ4n) is 5.19. The number of benzene rings is 1. The highest BCUT2D eigenvalue weighted by Gasteiger charge is 2.38. The molecule has 36 heavy (non-hydrogen) atoms. The average Bonchev–Trinajstić information content (AvgIpc) is 3.64. The fourth-order valence-corrected chi connectivity index (χ4v) is 5.99. The number of fused-ring (bicyclic) bond motifs is 1. The number of pyridine rings is 1. The molecule has 3 aliphatic rings. The first-order valence-corrected chi connectivity index (χ1v) is 12.8. The van der Waals surface area contributed by atoms with Crippen LogP contribution in [0.2, 0.25) is 0 Å². The Balaban J connectivity index is 1.18. The number of carbonyl (C=O) groups is 2. The van der Waals surface area contributed by atoms with Crippen LogP contribution in [0.15, 0.2) is 42.0 Å². The van der Waals surface area contributed by atoms with Crippen molar-refractivity contribution in [3.63, 3.8) is 0 Å². The highest BCUT2D eigenvalue weighted by Crippen LogP contribution is 2.33. The topological polar surface area (TPSA) is 112 Å². The highest BCUT2D eigenvalue weighted by atomic mass is 32.1. The minimum Gasteiger partial charge on any atom is -0.497 e. The first-order valence-electron chi connectivity index (χ1n) is 12.0. The summed E-state index contributed by atoms with van der Waals surface area (Å²) in [7, 11) is 1.57. The summed E-state index contributed by atoms with van der Waals surface area (Å²) >= 11 is 1.28. The molecule has 1 atom stereocenters. The van der Waals surface area contributed by atoms with Crippen LogP contribution in [0.5, 0.6) is 5.75 Å². The average molecular weight is 506 g/mol. The number of ether oxygens (including phenoxy) is 1. The van der Waals surface area contributed by atoms with E-state index >= 15 is 0 Å². The maximum absolute atomic E-state index is 13.2. The molecule has 2 saturated heterocycles. The lowest BCUT2D eigenvalue weighted by atomic mass is 9.95. The van der Waals surface area contributed by atoms with Crippen molar-refractivity contribution in [2.24, 2.45) is 0 Å². The van der Waals surface area contributed by atoms with E-state index in [0.717, 1.165) is 50.4 Å². The Morgan fingerprint density at radius 3 is 3.03 bits per heavy atom. The number of carbonyl (C=O) groups excluding carboxylic acids is 2. The maximum atomic E-state index is 13.2. The lowest BCUT2D eigenvalue weighted by Gasteiger charge is -2.42. The summed E-state index contributed by atoms with van der Waals surface area (Å²) in [6.45, 7) is 4.94. The number of piperazine rings is 1. The molecule has 2 amide bonds. The summed E-state index contributed by atoms with van der Waals surface area (Å²) in [6.07, 6.45) is 4.50. The smallest absolute Gasteiger partial charge is 0.275 e. The van der Waals surface area contributed by atoms with Gasteiger partial charge >= 0.3 is 0 Å². The molecule has 10 nitrogen and oxygen atoms in total. The van der Waals surface area contributed by atoms with E-state index in [1.807, 2.05) is 18.2 Å². The van der Waals surface area contributed by atoms with Gasteiger partial charge < -0.3 is 25.6 Å². The van der Waals surface area contributed by atoms with Crippen LogP contribution in [0.1, 0.15) is 32.8 Å². The van der Waals surface area contributed by atoms with E-state index in [1.54, 1.807) is 35.8 Å². The molecule has 6 rings (SSSR count). The molecule has 1 aromatic carbocycles. The number of methoxy groups -OCH3 is 1. The predicted octanol–water partition coefficient (Wildman–Crippen LogP) is 2.10. The number of nitrogens with zero attached hydrogens (tertiary/aromatic N) is 4. The Labute approximate surface area is 212 Å². The molecule has 3 aromatic rings. The molecule has 5 heterocycles. The van der Waals surface area contributed by atoms with Crippen LogP contribution in [-0.2, 0) is 6.54 Å². The Morgan fingerprint density at radius 1 is 1.28 bits per heavy atom. The monoisotopic (exact) mass is 505 g/mol. The molecule has 186 valence electrons. The molecule has 2 aromatic heterocycles. The molecule has 11 heteroatoms. The SMILES string of the molecule is COc1ccc2c(c1)C(=O)N(c1nc(C(=O)Nc3cnccc3N3CCNC4(CCNC4)C3)cs1)C2. The predicted molar refractivity (Wildman–Crippen MR) is 138 cm³/mol. The minimum atomic E-state index is -0.329. The summed E-state index contributed by atoms with van der Waals surface area (Å²) in [5.74, 6) is 0.161. The second kappa shape index (κ2) is 9.16. The van der Waals surface area contributed by atoms with Gasteiger partial charge in [0.2, 0.25) is 0 Å². The lowest BCUT2D eigenvalue weighted by Crippen LogP contribution is -2.61. The van der Waals surface area contributed by atoms with Gasteiger partial charge in [-0.2, -0.15) is 0 Å². The second-order valence-electron chi connectivity index (χ2n) is 9.33. The zero-order chi connectivity index (χ0) is 24.7. The Hall–Kier alpha value is -3.54. The van der Waals surface area contributed by atoms with E-state index in [4.69, 9.17) is 4.74 Å². The van der Waals surface area contributed by atoms with Crippen LogP contribution in [-0.4, -0.2) is 67.2 Å². The van der Waals surface area contributed by atoms with Gasteiger partial charge in [0.05, 0.1) is 31.2 Å². The normalized spacial score (nSPS) is 21.2. The molecule has 3 N–H and O–H groups in total. The molecule has 2 fully saturated rings. The highest BCUT2D eigenvalue weighted by molar-refractivity contribution is 7.14. The summed E-state index contributed by atoms with van der Waals surface area (Å²) in [4.78, 5) is 38.8. The van der Waals surface area contributed by atoms with Gasteiger partial charge in [-0.1, -0.05) is 6.07 Å². The van der Waals surface area contributed by atoms with Crippen molar-refractivity contribution in [2.75, 3.05) is 55.0 Å². The molecular weight excluding hydrogens is 478 g/mol. The molecule has 1 unspecified atom stereocenters. The third kappa shape index (κ3) is 4.08. The van der Waals surface area contributed by atoms with Crippen LogP contribution in [0, 0.1) is 0 Å². The Kier molecular flexibility index (Phi) is 5.82. The number of thiazole rings is 1. The van der Waals surface area contributed by atoms with Crippen LogP contribution < -0.4 is 30.5 Å². The summed E-state index contributed by atoms with van der Waals surface area (Å²) in [6, 6.07) is 7.41. The third-order valence-electron chi connectivity index (χ3n) is 7.08. The minimum absolute atomic E-state index is 0.0521. The molecule has 0 saturated carbocycles. The zero-order valence-corrected chi connectivity index (χ0v) is 20.7. The number of aromatic nitrogens is 2. The lowest BCUT2D eigenvalue weighted by molar-refractivity contribution is 0.0991. The molecule has 0 radical (unpaired) electrons. The van der Waals surface area contributed by atoms with Gasteiger partial charge in [-0.3, -0.25) is 19.5 Å². The van der Waals surface area contributed by atoms with Gasteiger partial charge in [0.15, 0.2) is 5.13 Å². The summed E-state index contributed by atoms with van der Waals surface area (Å²) in [5.41, 5.74) is 3.42. The van der Waals surface area contributed by atoms with Gasteiger partial charge in [-0.25, -0.2) is 4.98 Å². The van der Waals surface area contributed by atoms with Crippen LogP contribution in [0.25, 0.3) is 0 Å². The van der Waals surface area contributed by atoms with Crippen molar-refractivity contribution in [1.82, 2.24) is 20.6 Å². The van der Waals surface area contributed by atoms with Crippen molar-refractivity contribution >= 4 is 39.7 Å². The van der Waals surface area contributed by atoms with Gasteiger partial charge in [0.25, 0.3) is 11.8 Å². The second-order valence-corrected chi connectivity index (χ2v) is 10.2. The summed E-state index contributed by atoms with van der Waals surface area (Å²) < 4.78 is 5.25. The largest absolute Gasteiger partial charge is 0.497 e. The molecule has 0 aliphatic carbocycles. The third-order valence-corrected chi connectivity index (χ3v) is 7.95. The number of anilines is 3. The number of amides is 2. The van der Waals surface area contributed by atoms with Crippen molar-refractivity contribution < 1.29 is 14.3 Å². The molecular formula is C25H27N7O3S. The Morgan fingerprint density at radius 2 is 2.19 bits per heavy atom. The van der Waals surface area contributed by atoms with E-state index in [0.29, 0.717) is 28.7 Å². The van der Waals surface area contributed by atoms with Gasteiger partial charge in [0, 0.05) is 48.9 Å². The van der Waals surface area contributed by atoms with E-state index in [-0.39, 0.29) is 23.0 Å². The van der Waals surface area contributed by atoms with Crippen LogP contribution in [0.3, 0.4) is 0 Å². The van der Waals surface area contributed by atoms with E-state index in [9.17, 15) is 9.59 Å². The number of hydrogen-bond donors (Lipinski definition) is 3. The standard InChI is InChI=1S/C25H27N7O3S/c1-35-17-3-2-16-12-32(23(34)18(16)10-17)24-30-20(13-36-24)22(33)29-19-11-26-6-4-21(19)31-9-8-28-25(15-31)5-7-27-14-25/h2-4,6,10-11,13,27-28H,5,7-9,12,14-15H2,1H3,(H,29,33). The first kappa shape index (κ1) is 22.9. The number of rotatable bonds is 5. The van der Waals surface area contributed by atoms with Crippen molar-refractivity contribution in [3.8, 4) is 5.75 Å². The summed E-state index contributed by atoms with van der Waals surface area (Å²) in [5, 5.41) is 12.3. The number of nitrogens with one attached hydrogen (secondary N) is 3. The van der Waals surface area contributed by atoms with Gasteiger partial charge in [0.1, 0.15) is 11.4 Å². The van der Waals surface area contributed by atoms with E-state index < -0.39 is 0 Å². The Bertz CT molecular complexity index is 1320. The van der Waals surface area contributed by atoms with E-state index in [2.05, 4.69) is 30.8 Å². The first-order chi connectivity index (χ1) is 17.5. The van der Waals surface area contributed by atoms with Crippen molar-refractivity contribution in [2.45, 2.75) is 18.5 Å². The maximum Gasteiger partial charge on any atom is 0.275 e. The zero-order valence-electron chi connectivity index (χ0n) is 19.9. The quantitative estimate of drug-likeness (QED) is 0.484. The van der Waals surface area contributed by atoms with Gasteiger partial charge in [-0.05, 0) is 36.7 Å². The van der Waals surface area contributed by atoms with Crippen LogP contribution in [0.4, 0.5) is 16.5 Å². The van der Waals surface area contributed by atoms with Crippen molar-refractivity contribution in [3.05, 3.63) is 58.9 Å². The number of hydrogen-bond acceptors (Lipinski definition) is 9. The molecule has 0 bridgehead atoms. The molecule has 1 spiro atoms. The van der Waals surface area contributed by atoms with E-state index in [1.165, 1.54) is 11.3 Å².